The minimum absolute atomic E-state index is 0.0603. The molecule has 1 N–H and O–H groups in total. The van der Waals surface area contributed by atoms with Crippen molar-refractivity contribution in [2.24, 2.45) is 0 Å². The lowest BCUT2D eigenvalue weighted by atomic mass is 9.97. The number of esters is 1. The first-order valence-electron chi connectivity index (χ1n) is 9.03. The maximum absolute atomic E-state index is 13.3. The second kappa shape index (κ2) is 9.93. The van der Waals surface area contributed by atoms with Gasteiger partial charge in [-0.1, -0.05) is 23.7 Å². The average Bonchev–Trinajstić information content (AvgIpc) is 2.74. The van der Waals surface area contributed by atoms with Crippen molar-refractivity contribution in [1.82, 2.24) is 4.90 Å². The fourth-order valence-corrected chi connectivity index (χ4v) is 3.70. The number of methoxy groups -OCH3 is 1. The van der Waals surface area contributed by atoms with E-state index in [4.69, 9.17) is 16.3 Å². The molecule has 3 rings (SSSR count). The molecule has 2 amide bonds. The fraction of sp³-hybridized carbons (Fsp3) is 0.190. The van der Waals surface area contributed by atoms with Crippen molar-refractivity contribution in [2.75, 3.05) is 19.0 Å². The first kappa shape index (κ1) is 22.8. The molecule has 0 radical (unpaired) electrons. The summed E-state index contributed by atoms with van der Waals surface area (Å²) < 4.78 is 23.6. The molecule has 0 saturated carbocycles. The van der Waals surface area contributed by atoms with Gasteiger partial charge in [0.2, 0.25) is 0 Å². The third-order valence-corrected chi connectivity index (χ3v) is 5.43. The van der Waals surface area contributed by atoms with Crippen LogP contribution in [0.15, 0.2) is 53.1 Å². The Morgan fingerprint density at radius 3 is 2.68 bits per heavy atom. The van der Waals surface area contributed by atoms with Crippen LogP contribution in [0, 0.1) is 5.82 Å². The van der Waals surface area contributed by atoms with E-state index in [0.29, 0.717) is 15.7 Å². The number of hydrogen-bond acceptors (Lipinski definition) is 5. The molecule has 1 heterocycles. The summed E-state index contributed by atoms with van der Waals surface area (Å²) in [5.41, 5.74) is 0.948. The number of amides is 2. The zero-order valence-corrected chi connectivity index (χ0v) is 18.6. The minimum Gasteiger partial charge on any atom is -0.480 e. The largest absolute Gasteiger partial charge is 0.480 e. The Morgan fingerprint density at radius 2 is 2.00 bits per heavy atom. The van der Waals surface area contributed by atoms with Gasteiger partial charge in [-0.2, -0.15) is 0 Å². The summed E-state index contributed by atoms with van der Waals surface area (Å²) in [5, 5.41) is 2.95. The number of ketones is 1. The Balaban J connectivity index is 1.83. The quantitative estimate of drug-likeness (QED) is 0.580. The normalized spacial score (nSPS) is 15.5. The third kappa shape index (κ3) is 5.62. The molecule has 0 bridgehead atoms. The second-order valence-electron chi connectivity index (χ2n) is 6.52. The maximum Gasteiger partial charge on any atom is 0.343 e. The highest BCUT2D eigenvalue weighted by Gasteiger charge is 2.29. The summed E-state index contributed by atoms with van der Waals surface area (Å²) in [6.45, 7) is -0.352. The lowest BCUT2D eigenvalue weighted by molar-refractivity contribution is -0.142. The molecule has 2 aromatic rings. The molecule has 0 spiro atoms. The van der Waals surface area contributed by atoms with Crippen LogP contribution in [0.3, 0.4) is 0 Å². The number of rotatable bonds is 5. The average molecular weight is 512 g/mol. The predicted molar refractivity (Wildman–Crippen MR) is 115 cm³/mol. The molecule has 1 aliphatic heterocycles. The molecular formula is C21H17BrClFN2O5. The van der Waals surface area contributed by atoms with E-state index >= 15 is 0 Å². The van der Waals surface area contributed by atoms with Crippen molar-refractivity contribution >= 4 is 51.0 Å². The fourth-order valence-electron chi connectivity index (χ4n) is 2.91. The number of carbonyl (C=O) groups is 3. The van der Waals surface area contributed by atoms with E-state index in [2.05, 4.69) is 26.0 Å². The topological polar surface area (TPSA) is 84.9 Å². The van der Waals surface area contributed by atoms with E-state index in [0.717, 1.165) is 0 Å². The van der Waals surface area contributed by atoms with Crippen molar-refractivity contribution in [1.29, 1.82) is 0 Å². The monoisotopic (exact) mass is 510 g/mol. The number of halogens is 3. The smallest absolute Gasteiger partial charge is 0.343 e. The molecule has 10 heteroatoms. The van der Waals surface area contributed by atoms with Gasteiger partial charge in [-0.15, -0.1) is 0 Å². The van der Waals surface area contributed by atoms with Crippen molar-refractivity contribution in [3.63, 3.8) is 0 Å². The van der Waals surface area contributed by atoms with E-state index in [1.54, 1.807) is 0 Å². The van der Waals surface area contributed by atoms with E-state index < -0.39 is 23.9 Å². The maximum atomic E-state index is 13.3. The van der Waals surface area contributed by atoms with Gasteiger partial charge in [0.25, 0.3) is 0 Å². The standard InChI is InChI=1S/C21H17BrClFN2O5/c1-30-20(28)11-31-19-10-17(15(22)9-16(19)23)25-21(29)26-7-6-14(27)8-18(26)12-2-4-13(24)5-3-12/h2-7,9-10,18H,8,11H2,1H3,(H,25,29). The molecule has 31 heavy (non-hydrogen) atoms. The molecule has 7 nitrogen and oxygen atoms in total. The Labute approximate surface area is 190 Å². The molecule has 0 aliphatic carbocycles. The molecular weight excluding hydrogens is 495 g/mol. The van der Waals surface area contributed by atoms with Crippen LogP contribution in [0.2, 0.25) is 5.02 Å². The zero-order chi connectivity index (χ0) is 22.5. The van der Waals surface area contributed by atoms with Crippen LogP contribution in [0.1, 0.15) is 18.0 Å². The number of nitrogens with one attached hydrogen (secondary N) is 1. The van der Waals surface area contributed by atoms with E-state index in [-0.39, 0.29) is 29.6 Å². The number of hydrogen-bond donors (Lipinski definition) is 1. The highest BCUT2D eigenvalue weighted by atomic mass is 79.9. The van der Waals surface area contributed by atoms with Crippen LogP contribution in [-0.2, 0) is 14.3 Å². The lowest BCUT2D eigenvalue weighted by Gasteiger charge is -2.31. The second-order valence-corrected chi connectivity index (χ2v) is 7.78. The number of benzene rings is 2. The Bertz CT molecular complexity index is 1040. The Kier molecular flexibility index (Phi) is 7.29. The van der Waals surface area contributed by atoms with Gasteiger partial charge in [0, 0.05) is 23.2 Å². The zero-order valence-electron chi connectivity index (χ0n) is 16.2. The third-order valence-electron chi connectivity index (χ3n) is 4.48. The first-order chi connectivity index (χ1) is 14.8. The van der Waals surface area contributed by atoms with Gasteiger partial charge in [0.1, 0.15) is 11.6 Å². The number of carbonyl (C=O) groups excluding carboxylic acids is 3. The highest BCUT2D eigenvalue weighted by molar-refractivity contribution is 9.10. The summed E-state index contributed by atoms with van der Waals surface area (Å²) in [7, 11) is 1.23. The summed E-state index contributed by atoms with van der Waals surface area (Å²) >= 11 is 9.46. The Hall–Kier alpha value is -2.91. The molecule has 162 valence electrons. The molecule has 0 aromatic heterocycles. The van der Waals surface area contributed by atoms with Crippen LogP contribution in [0.5, 0.6) is 5.75 Å². The molecule has 0 fully saturated rings. The molecule has 1 atom stereocenters. The summed E-state index contributed by atoms with van der Waals surface area (Å²) in [5.74, 6) is -0.980. The van der Waals surface area contributed by atoms with Gasteiger partial charge in [0.15, 0.2) is 12.4 Å². The van der Waals surface area contributed by atoms with Gasteiger partial charge in [0.05, 0.1) is 23.9 Å². The van der Waals surface area contributed by atoms with E-state index in [9.17, 15) is 18.8 Å². The SMILES string of the molecule is COC(=O)COc1cc(NC(=O)N2C=CC(=O)CC2c2ccc(F)cc2)c(Br)cc1Cl. The molecule has 1 unspecified atom stereocenters. The highest BCUT2D eigenvalue weighted by Crippen LogP contribution is 2.36. The van der Waals surface area contributed by atoms with Crippen LogP contribution >= 0.6 is 27.5 Å². The first-order valence-corrected chi connectivity index (χ1v) is 10.2. The van der Waals surface area contributed by atoms with Gasteiger partial charge in [-0.25, -0.2) is 14.0 Å². The van der Waals surface area contributed by atoms with Crippen molar-refractivity contribution in [3.8, 4) is 5.75 Å². The minimum atomic E-state index is -0.598. The number of allylic oxidation sites excluding steroid dienone is 1. The van der Waals surface area contributed by atoms with Gasteiger partial charge >= 0.3 is 12.0 Å². The number of anilines is 1. The number of nitrogens with zero attached hydrogens (tertiary/aromatic N) is 1. The van der Waals surface area contributed by atoms with E-state index in [1.807, 2.05) is 0 Å². The van der Waals surface area contributed by atoms with E-state index in [1.165, 1.54) is 60.7 Å². The van der Waals surface area contributed by atoms with Crippen molar-refractivity contribution < 1.29 is 28.2 Å². The van der Waals surface area contributed by atoms with Gasteiger partial charge < -0.3 is 14.8 Å². The number of urea groups is 1. The summed E-state index contributed by atoms with van der Waals surface area (Å²) in [6.07, 6.45) is 2.75. The Morgan fingerprint density at radius 1 is 1.29 bits per heavy atom. The van der Waals surface area contributed by atoms with Gasteiger partial charge in [-0.3, -0.25) is 9.69 Å². The van der Waals surface area contributed by atoms with Crippen LogP contribution in [0.25, 0.3) is 0 Å². The molecule has 1 aliphatic rings. The van der Waals surface area contributed by atoms with Crippen molar-refractivity contribution in [3.05, 3.63) is 69.6 Å². The van der Waals surface area contributed by atoms with Gasteiger partial charge in [-0.05, 0) is 45.8 Å². The molecule has 0 saturated heterocycles. The number of ether oxygens (including phenoxy) is 2. The molecule has 2 aromatic carbocycles. The van der Waals surface area contributed by atoms with Crippen LogP contribution in [0.4, 0.5) is 14.9 Å². The summed E-state index contributed by atoms with van der Waals surface area (Å²) in [6, 6.07) is 7.45. The summed E-state index contributed by atoms with van der Waals surface area (Å²) in [4.78, 5) is 37.6. The van der Waals surface area contributed by atoms with Crippen LogP contribution in [-0.4, -0.2) is 36.4 Å². The predicted octanol–water partition coefficient (Wildman–Crippen LogP) is 4.86. The lowest BCUT2D eigenvalue weighted by Crippen LogP contribution is -2.37. The van der Waals surface area contributed by atoms with Crippen LogP contribution < -0.4 is 10.1 Å². The van der Waals surface area contributed by atoms with Crippen molar-refractivity contribution in [2.45, 2.75) is 12.5 Å².